The number of aromatic hydroxyl groups is 1. The molecule has 2 heterocycles. The lowest BCUT2D eigenvalue weighted by Gasteiger charge is -2.14. The molecule has 0 saturated heterocycles. The molecule has 34 heavy (non-hydrogen) atoms. The summed E-state index contributed by atoms with van der Waals surface area (Å²) in [5.41, 5.74) is 3.53. The Labute approximate surface area is 201 Å². The van der Waals surface area contributed by atoms with Crippen molar-refractivity contribution >= 4 is 39.9 Å². The van der Waals surface area contributed by atoms with Gasteiger partial charge < -0.3 is 15.7 Å². The van der Waals surface area contributed by atoms with Crippen molar-refractivity contribution in [2.75, 3.05) is 10.6 Å². The number of carbonyl (C=O) groups is 1. The number of amides is 1. The number of aryl methyl sites for hydroxylation is 1. The van der Waals surface area contributed by atoms with Gasteiger partial charge in [-0.25, -0.2) is 4.68 Å². The molecule has 0 aliphatic heterocycles. The quantitative estimate of drug-likeness (QED) is 0.312. The first kappa shape index (κ1) is 23.1. The number of carbonyl (C=O) groups excluding carboxylic acids is 1. The van der Waals surface area contributed by atoms with Crippen molar-refractivity contribution in [3.05, 3.63) is 70.5 Å². The van der Waals surface area contributed by atoms with Gasteiger partial charge in [-0.2, -0.15) is 10.4 Å². The van der Waals surface area contributed by atoms with Gasteiger partial charge in [0, 0.05) is 24.5 Å². The van der Waals surface area contributed by atoms with E-state index in [4.69, 9.17) is 11.6 Å². The molecule has 8 nitrogen and oxygen atoms in total. The van der Waals surface area contributed by atoms with E-state index < -0.39 is 0 Å². The van der Waals surface area contributed by atoms with Gasteiger partial charge in [0.1, 0.15) is 17.5 Å². The smallest absolute Gasteiger partial charge is 0.224 e. The number of nitrogens with one attached hydrogen (secondary N) is 2. The van der Waals surface area contributed by atoms with Gasteiger partial charge in [0.15, 0.2) is 5.75 Å². The Balaban J connectivity index is 1.66. The van der Waals surface area contributed by atoms with Crippen LogP contribution in [0.4, 0.5) is 11.5 Å². The van der Waals surface area contributed by atoms with Crippen LogP contribution in [0, 0.1) is 18.3 Å². The van der Waals surface area contributed by atoms with Gasteiger partial charge in [-0.15, -0.1) is 0 Å². The molecule has 0 bridgehead atoms. The van der Waals surface area contributed by atoms with Crippen LogP contribution >= 0.6 is 11.6 Å². The molecule has 1 amide bonds. The van der Waals surface area contributed by atoms with Crippen LogP contribution in [0.2, 0.25) is 5.02 Å². The van der Waals surface area contributed by atoms with Gasteiger partial charge in [0.2, 0.25) is 5.91 Å². The minimum Gasteiger partial charge on any atom is -0.504 e. The number of phenols is 1. The van der Waals surface area contributed by atoms with Crippen LogP contribution < -0.4 is 10.6 Å². The van der Waals surface area contributed by atoms with Gasteiger partial charge in [-0.1, -0.05) is 30.7 Å². The molecule has 3 N–H and O–H groups in total. The van der Waals surface area contributed by atoms with Gasteiger partial charge in [-0.05, 0) is 49.2 Å². The van der Waals surface area contributed by atoms with Crippen LogP contribution in [0.5, 0.6) is 5.75 Å². The Bertz CT molecular complexity index is 1420. The summed E-state index contributed by atoms with van der Waals surface area (Å²) in [4.78, 5) is 16.4. The number of aromatic nitrogens is 3. The van der Waals surface area contributed by atoms with Crippen molar-refractivity contribution in [1.29, 1.82) is 5.26 Å². The highest BCUT2D eigenvalue weighted by atomic mass is 35.5. The molecule has 0 spiro atoms. The van der Waals surface area contributed by atoms with Crippen LogP contribution in [0.15, 0.2) is 48.7 Å². The topological polar surface area (TPSA) is 116 Å². The predicted octanol–water partition coefficient (Wildman–Crippen LogP) is 5.31. The number of fused-ring (bicyclic) bond motifs is 1. The molecule has 0 aliphatic carbocycles. The number of phenolic OH excluding ortho intramolecular Hbond substituents is 1. The third-order valence-corrected chi connectivity index (χ3v) is 5.63. The Morgan fingerprint density at radius 3 is 2.85 bits per heavy atom. The van der Waals surface area contributed by atoms with E-state index >= 15 is 0 Å². The molecule has 9 heteroatoms. The maximum Gasteiger partial charge on any atom is 0.224 e. The summed E-state index contributed by atoms with van der Waals surface area (Å²) in [5.74, 6) is 0.137. The lowest BCUT2D eigenvalue weighted by Crippen LogP contribution is -2.12. The van der Waals surface area contributed by atoms with Crippen LogP contribution in [0.1, 0.15) is 36.6 Å². The van der Waals surface area contributed by atoms with E-state index in [1.165, 1.54) is 0 Å². The van der Waals surface area contributed by atoms with E-state index in [9.17, 15) is 15.2 Å². The van der Waals surface area contributed by atoms with Crippen LogP contribution in [-0.4, -0.2) is 25.8 Å². The first-order valence-electron chi connectivity index (χ1n) is 10.8. The number of hydrogen-bond acceptors (Lipinski definition) is 6. The average Bonchev–Trinajstić information content (AvgIpc) is 3.15. The number of halogens is 1. The molecule has 0 aliphatic rings. The predicted molar refractivity (Wildman–Crippen MR) is 132 cm³/mol. The second kappa shape index (κ2) is 9.81. The van der Waals surface area contributed by atoms with E-state index in [0.29, 0.717) is 35.5 Å². The Kier molecular flexibility index (Phi) is 6.66. The summed E-state index contributed by atoms with van der Waals surface area (Å²) in [6.07, 6.45) is 2.75. The Morgan fingerprint density at radius 1 is 1.26 bits per heavy atom. The van der Waals surface area contributed by atoms with Crippen LogP contribution in [0.25, 0.3) is 16.6 Å². The van der Waals surface area contributed by atoms with Gasteiger partial charge >= 0.3 is 0 Å². The number of hydrogen-bond donors (Lipinski definition) is 3. The van der Waals surface area contributed by atoms with Crippen LogP contribution in [-0.2, 0) is 11.3 Å². The van der Waals surface area contributed by atoms with Crippen molar-refractivity contribution in [3.8, 4) is 17.5 Å². The molecular weight excluding hydrogens is 452 g/mol. The zero-order chi connectivity index (χ0) is 24.2. The Hall–Kier alpha value is -4.09. The summed E-state index contributed by atoms with van der Waals surface area (Å²) in [6.45, 7) is 3.96. The second-order valence-electron chi connectivity index (χ2n) is 7.84. The molecule has 0 fully saturated rings. The highest BCUT2D eigenvalue weighted by Crippen LogP contribution is 2.34. The van der Waals surface area contributed by atoms with Gasteiger partial charge in [0.05, 0.1) is 27.6 Å². The SMILES string of the molecule is CCCC(=O)Nc1cc(CNc2c(C#N)c(C)nn2-c2ccc3cccnc3c2)cc(Cl)c1O. The summed E-state index contributed by atoms with van der Waals surface area (Å²) in [7, 11) is 0. The number of rotatable bonds is 7. The number of benzene rings is 2. The maximum atomic E-state index is 12.0. The fourth-order valence-corrected chi connectivity index (χ4v) is 3.92. The van der Waals surface area contributed by atoms with E-state index in [2.05, 4.69) is 26.8 Å². The first-order valence-corrected chi connectivity index (χ1v) is 11.2. The van der Waals surface area contributed by atoms with E-state index in [1.54, 1.807) is 29.9 Å². The highest BCUT2D eigenvalue weighted by molar-refractivity contribution is 6.32. The molecule has 172 valence electrons. The largest absolute Gasteiger partial charge is 0.504 e. The molecule has 0 saturated carbocycles. The average molecular weight is 475 g/mol. The fraction of sp³-hybridized carbons (Fsp3) is 0.200. The molecule has 4 aromatic rings. The van der Waals surface area contributed by atoms with Gasteiger partial charge in [0.25, 0.3) is 0 Å². The molecule has 2 aromatic carbocycles. The monoisotopic (exact) mass is 474 g/mol. The molecule has 2 aromatic heterocycles. The van der Waals surface area contributed by atoms with Crippen molar-refractivity contribution in [2.45, 2.75) is 33.2 Å². The number of nitriles is 1. The normalized spacial score (nSPS) is 10.8. The van der Waals surface area contributed by atoms with E-state index in [1.807, 2.05) is 37.3 Å². The van der Waals surface area contributed by atoms with E-state index in [0.717, 1.165) is 16.6 Å². The maximum absolute atomic E-state index is 12.0. The molecule has 0 unspecified atom stereocenters. The standard InChI is InChI=1S/C25H23ClN6O2/c1-3-5-23(33)30-22-11-16(10-20(26)24(22)34)14-29-25-19(13-27)15(2)31-32(25)18-8-7-17-6-4-9-28-21(17)12-18/h4,6-12,29,34H,3,5,14H2,1-2H3,(H,30,33). The minimum absolute atomic E-state index is 0.122. The fourth-order valence-electron chi connectivity index (χ4n) is 3.68. The number of nitrogens with zero attached hydrogens (tertiary/aromatic N) is 4. The molecule has 0 atom stereocenters. The van der Waals surface area contributed by atoms with Gasteiger partial charge in [-0.3, -0.25) is 9.78 Å². The van der Waals surface area contributed by atoms with E-state index in [-0.39, 0.29) is 28.9 Å². The zero-order valence-corrected chi connectivity index (χ0v) is 19.5. The lowest BCUT2D eigenvalue weighted by molar-refractivity contribution is -0.116. The van der Waals surface area contributed by atoms with Crippen LogP contribution in [0.3, 0.4) is 0 Å². The third kappa shape index (κ3) is 4.65. The van der Waals surface area contributed by atoms with Crippen molar-refractivity contribution in [2.24, 2.45) is 0 Å². The first-order chi connectivity index (χ1) is 16.4. The molecular formula is C25H23ClN6O2. The lowest BCUT2D eigenvalue weighted by atomic mass is 10.1. The second-order valence-corrected chi connectivity index (χ2v) is 8.25. The minimum atomic E-state index is -0.204. The highest BCUT2D eigenvalue weighted by Gasteiger charge is 2.18. The van der Waals surface area contributed by atoms with Crippen molar-refractivity contribution < 1.29 is 9.90 Å². The summed E-state index contributed by atoms with van der Waals surface area (Å²) in [6, 6.07) is 15.1. The van der Waals surface area contributed by atoms with Crippen molar-refractivity contribution in [1.82, 2.24) is 14.8 Å². The number of anilines is 2. The zero-order valence-electron chi connectivity index (χ0n) is 18.8. The summed E-state index contributed by atoms with van der Waals surface area (Å²) >= 11 is 6.20. The summed E-state index contributed by atoms with van der Waals surface area (Å²) in [5, 5.41) is 31.7. The third-order valence-electron chi connectivity index (χ3n) is 5.34. The summed E-state index contributed by atoms with van der Waals surface area (Å²) < 4.78 is 1.67. The molecule has 4 rings (SSSR count). The molecule has 0 radical (unpaired) electrons. The Morgan fingerprint density at radius 2 is 2.09 bits per heavy atom. The van der Waals surface area contributed by atoms with Crippen molar-refractivity contribution in [3.63, 3.8) is 0 Å². The number of pyridine rings is 1.